The smallest absolute Gasteiger partial charge is 0.343 e. The van der Waals surface area contributed by atoms with Crippen molar-refractivity contribution in [3.05, 3.63) is 51.2 Å². The van der Waals surface area contributed by atoms with E-state index in [-0.39, 0.29) is 12.8 Å². The first-order valence-corrected chi connectivity index (χ1v) is 12.2. The van der Waals surface area contributed by atoms with Gasteiger partial charge in [0.2, 0.25) is 12.5 Å². The van der Waals surface area contributed by atoms with E-state index in [9.17, 15) is 4.79 Å². The van der Waals surface area contributed by atoms with Crippen LogP contribution in [0.15, 0.2) is 29.0 Å². The van der Waals surface area contributed by atoms with Gasteiger partial charge in [-0.3, -0.25) is 4.90 Å². The normalized spacial score (nSPS) is 20.3. The second-order valence-corrected chi connectivity index (χ2v) is 9.42. The van der Waals surface area contributed by atoms with Gasteiger partial charge < -0.3 is 28.4 Å². The Morgan fingerprint density at radius 2 is 1.80 bits per heavy atom. The summed E-state index contributed by atoms with van der Waals surface area (Å²) in [6, 6.07) is 5.48. The van der Waals surface area contributed by atoms with E-state index in [1.54, 1.807) is 25.6 Å². The van der Waals surface area contributed by atoms with Crippen LogP contribution in [0, 0.1) is 0 Å². The van der Waals surface area contributed by atoms with Crippen LogP contribution in [0.25, 0.3) is 11.1 Å². The summed E-state index contributed by atoms with van der Waals surface area (Å²) in [6.45, 7) is 0.902. The Morgan fingerprint density at radius 3 is 2.51 bits per heavy atom. The Balaban J connectivity index is 1.59. The van der Waals surface area contributed by atoms with Gasteiger partial charge in [0.15, 0.2) is 23.0 Å². The zero-order valence-electron chi connectivity index (χ0n) is 19.9. The highest BCUT2D eigenvalue weighted by atomic mass is 32.1. The SMILES string of the molecule is COc1ccc2c(c1OC)C(=O)O[C@@H]2[C@H]1c2c(c(-c3ccsc3)c3c(c2OC)OCO3)CCN1C. The van der Waals surface area contributed by atoms with Crippen molar-refractivity contribution in [2.75, 3.05) is 41.7 Å². The Morgan fingerprint density at radius 1 is 1.00 bits per heavy atom. The summed E-state index contributed by atoms with van der Waals surface area (Å²) in [4.78, 5) is 15.3. The van der Waals surface area contributed by atoms with Gasteiger partial charge in [-0.25, -0.2) is 4.79 Å². The first-order chi connectivity index (χ1) is 17.1. The molecule has 4 heterocycles. The summed E-state index contributed by atoms with van der Waals surface area (Å²) in [7, 11) is 6.74. The minimum atomic E-state index is -0.564. The van der Waals surface area contributed by atoms with Crippen molar-refractivity contribution in [3.63, 3.8) is 0 Å². The Hall–Kier alpha value is -3.43. The van der Waals surface area contributed by atoms with Crippen LogP contribution in [0.3, 0.4) is 0 Å². The number of nitrogens with zero attached hydrogens (tertiary/aromatic N) is 1. The van der Waals surface area contributed by atoms with Gasteiger partial charge in [0.1, 0.15) is 11.7 Å². The van der Waals surface area contributed by atoms with Gasteiger partial charge >= 0.3 is 5.97 Å². The predicted molar refractivity (Wildman–Crippen MR) is 129 cm³/mol. The van der Waals surface area contributed by atoms with Crippen LogP contribution < -0.4 is 23.7 Å². The first kappa shape index (κ1) is 22.1. The topological polar surface area (TPSA) is 75.7 Å². The quantitative estimate of drug-likeness (QED) is 0.475. The third kappa shape index (κ3) is 3.11. The van der Waals surface area contributed by atoms with Crippen LogP contribution in [0.1, 0.15) is 39.2 Å². The highest BCUT2D eigenvalue weighted by Crippen LogP contribution is 2.59. The molecule has 0 N–H and O–H groups in total. The molecule has 1 aromatic heterocycles. The number of likely N-dealkylation sites (N-methyl/N-ethyl adjacent to an activating group) is 1. The number of cyclic esters (lactones) is 1. The molecule has 3 aliphatic rings. The highest BCUT2D eigenvalue weighted by Gasteiger charge is 2.47. The van der Waals surface area contributed by atoms with Gasteiger partial charge in [0, 0.05) is 23.2 Å². The molecule has 3 aromatic rings. The molecule has 0 spiro atoms. The number of carbonyl (C=O) groups is 1. The van der Waals surface area contributed by atoms with Gasteiger partial charge in [-0.1, -0.05) is 6.07 Å². The number of methoxy groups -OCH3 is 3. The van der Waals surface area contributed by atoms with Gasteiger partial charge in [0.25, 0.3) is 0 Å². The van der Waals surface area contributed by atoms with E-state index < -0.39 is 12.1 Å². The molecular formula is C26H25NO7S. The summed E-state index contributed by atoms with van der Waals surface area (Å²) >= 11 is 1.63. The zero-order chi connectivity index (χ0) is 24.3. The van der Waals surface area contributed by atoms with Crippen molar-refractivity contribution in [3.8, 4) is 39.9 Å². The van der Waals surface area contributed by atoms with Crippen molar-refractivity contribution < 1.29 is 33.2 Å². The summed E-state index contributed by atoms with van der Waals surface area (Å²) < 4.78 is 34.8. The van der Waals surface area contributed by atoms with Crippen molar-refractivity contribution in [1.82, 2.24) is 4.90 Å². The van der Waals surface area contributed by atoms with Crippen molar-refractivity contribution >= 4 is 17.3 Å². The van der Waals surface area contributed by atoms with Crippen LogP contribution in [0.2, 0.25) is 0 Å². The van der Waals surface area contributed by atoms with E-state index in [1.165, 1.54) is 7.11 Å². The molecule has 3 aliphatic heterocycles. The summed E-state index contributed by atoms with van der Waals surface area (Å²) in [5.41, 5.74) is 5.33. The average molecular weight is 496 g/mol. The molecule has 0 fully saturated rings. The van der Waals surface area contributed by atoms with Gasteiger partial charge in [-0.2, -0.15) is 11.3 Å². The molecule has 0 saturated heterocycles. The average Bonchev–Trinajstić information content (AvgIpc) is 3.63. The van der Waals surface area contributed by atoms with E-state index in [2.05, 4.69) is 21.7 Å². The molecule has 0 bridgehead atoms. The molecule has 0 saturated carbocycles. The lowest BCUT2D eigenvalue weighted by Crippen LogP contribution is -2.36. The predicted octanol–water partition coefficient (Wildman–Crippen LogP) is 4.61. The summed E-state index contributed by atoms with van der Waals surface area (Å²) in [5.74, 6) is 2.35. The van der Waals surface area contributed by atoms with Crippen molar-refractivity contribution in [2.24, 2.45) is 0 Å². The maximum absolute atomic E-state index is 13.1. The lowest BCUT2D eigenvalue weighted by Gasteiger charge is -2.39. The first-order valence-electron chi connectivity index (χ1n) is 11.3. The van der Waals surface area contributed by atoms with E-state index in [4.69, 9.17) is 28.4 Å². The summed E-state index contributed by atoms with van der Waals surface area (Å²) in [6.07, 6.45) is 0.228. The molecule has 9 heteroatoms. The Labute approximate surface area is 206 Å². The van der Waals surface area contributed by atoms with Crippen LogP contribution in [0.5, 0.6) is 28.7 Å². The zero-order valence-corrected chi connectivity index (χ0v) is 20.7. The third-order valence-corrected chi connectivity index (χ3v) is 7.71. The fraction of sp³-hybridized carbons (Fsp3) is 0.346. The van der Waals surface area contributed by atoms with E-state index in [0.29, 0.717) is 34.3 Å². The number of thiophene rings is 1. The Kier molecular flexibility index (Phi) is 5.26. The molecule has 0 unspecified atom stereocenters. The number of hydrogen-bond donors (Lipinski definition) is 0. The molecule has 2 aromatic carbocycles. The van der Waals surface area contributed by atoms with E-state index >= 15 is 0 Å². The number of carbonyl (C=O) groups excluding carboxylic acids is 1. The second kappa shape index (κ2) is 8.35. The number of hydrogen-bond acceptors (Lipinski definition) is 9. The van der Waals surface area contributed by atoms with Gasteiger partial charge in [-0.05, 0) is 47.5 Å². The standard InChI is InChI=1S/C26H25NO7S/c1-27-9-7-14-17(13-8-10-35-11-13)24-25(33-12-32-24)23(31-4)18(14)20(27)21-15-5-6-16(29-2)22(30-3)19(15)26(28)34-21/h5-6,8,10-11,20-21H,7,9,12H2,1-4H3/t20-,21+/m1/s1. The highest BCUT2D eigenvalue weighted by molar-refractivity contribution is 7.08. The third-order valence-electron chi connectivity index (χ3n) is 7.03. The number of rotatable bonds is 5. The lowest BCUT2D eigenvalue weighted by molar-refractivity contribution is 0.00877. The molecule has 0 radical (unpaired) electrons. The van der Waals surface area contributed by atoms with Crippen LogP contribution in [0.4, 0.5) is 0 Å². The maximum Gasteiger partial charge on any atom is 0.343 e. The molecule has 8 nitrogen and oxygen atoms in total. The van der Waals surface area contributed by atoms with Crippen LogP contribution >= 0.6 is 11.3 Å². The van der Waals surface area contributed by atoms with Crippen LogP contribution in [-0.4, -0.2) is 52.6 Å². The maximum atomic E-state index is 13.1. The molecular weight excluding hydrogens is 470 g/mol. The fourth-order valence-electron chi connectivity index (χ4n) is 5.54. The molecule has 0 amide bonds. The summed E-state index contributed by atoms with van der Waals surface area (Å²) in [5, 5.41) is 4.16. The van der Waals surface area contributed by atoms with Gasteiger partial charge in [0.05, 0.1) is 27.4 Å². The van der Waals surface area contributed by atoms with Gasteiger partial charge in [-0.15, -0.1) is 0 Å². The largest absolute Gasteiger partial charge is 0.493 e. The second-order valence-electron chi connectivity index (χ2n) is 8.64. The molecule has 2 atom stereocenters. The minimum Gasteiger partial charge on any atom is -0.493 e. The number of benzene rings is 2. The van der Waals surface area contributed by atoms with Crippen molar-refractivity contribution in [1.29, 1.82) is 0 Å². The molecule has 6 rings (SSSR count). The molecule has 0 aliphatic carbocycles. The Bertz CT molecular complexity index is 1320. The lowest BCUT2D eigenvalue weighted by atomic mass is 9.82. The monoisotopic (exact) mass is 495 g/mol. The number of esters is 1. The number of fused-ring (bicyclic) bond motifs is 3. The molecule has 35 heavy (non-hydrogen) atoms. The fourth-order valence-corrected chi connectivity index (χ4v) is 6.19. The minimum absolute atomic E-state index is 0.129. The number of ether oxygens (including phenoxy) is 6. The van der Waals surface area contributed by atoms with Crippen molar-refractivity contribution in [2.45, 2.75) is 18.6 Å². The molecule has 182 valence electrons. The van der Waals surface area contributed by atoms with E-state index in [0.717, 1.165) is 40.8 Å². The van der Waals surface area contributed by atoms with E-state index in [1.807, 2.05) is 19.2 Å². The van der Waals surface area contributed by atoms with Crippen LogP contribution in [-0.2, 0) is 11.2 Å².